The zero-order valence-electron chi connectivity index (χ0n) is 11.1. The Labute approximate surface area is 116 Å². The number of carbonyl (C=O) groups is 2. The molecule has 1 saturated heterocycles. The van der Waals surface area contributed by atoms with Crippen LogP contribution in [0.5, 0.6) is 5.75 Å². The van der Waals surface area contributed by atoms with Gasteiger partial charge in [0, 0.05) is 12.6 Å². The van der Waals surface area contributed by atoms with Gasteiger partial charge in [-0.2, -0.15) is 0 Å². The Morgan fingerprint density at radius 2 is 2.15 bits per heavy atom. The van der Waals surface area contributed by atoms with E-state index in [0.29, 0.717) is 18.7 Å². The van der Waals surface area contributed by atoms with Crippen LogP contribution in [-0.2, 0) is 4.79 Å². The van der Waals surface area contributed by atoms with Crippen LogP contribution in [0.3, 0.4) is 0 Å². The largest absolute Gasteiger partial charge is 0.497 e. The molecule has 1 aliphatic heterocycles. The summed E-state index contributed by atoms with van der Waals surface area (Å²) in [5.41, 5.74) is -0.126. The summed E-state index contributed by atoms with van der Waals surface area (Å²) in [7, 11) is 1.40. The first kappa shape index (κ1) is 14.3. The predicted octanol–water partition coefficient (Wildman–Crippen LogP) is 1.91. The van der Waals surface area contributed by atoms with E-state index in [9.17, 15) is 14.0 Å². The third-order valence-corrected chi connectivity index (χ3v) is 3.46. The average molecular weight is 281 g/mol. The van der Waals surface area contributed by atoms with Crippen molar-refractivity contribution in [3.05, 3.63) is 29.6 Å². The van der Waals surface area contributed by atoms with Gasteiger partial charge in [-0.15, -0.1) is 0 Å². The number of benzene rings is 1. The van der Waals surface area contributed by atoms with Gasteiger partial charge in [0.25, 0.3) is 5.91 Å². The molecule has 0 radical (unpaired) electrons. The highest BCUT2D eigenvalue weighted by molar-refractivity contribution is 5.97. The third kappa shape index (κ3) is 2.74. The summed E-state index contributed by atoms with van der Waals surface area (Å²) >= 11 is 0. The van der Waals surface area contributed by atoms with Crippen LogP contribution < -0.4 is 4.74 Å². The summed E-state index contributed by atoms with van der Waals surface area (Å²) in [6.45, 7) is 0.335. The molecule has 1 heterocycles. The van der Waals surface area contributed by atoms with Crippen molar-refractivity contribution in [3.63, 3.8) is 0 Å². The van der Waals surface area contributed by atoms with Crippen LogP contribution in [0.15, 0.2) is 18.2 Å². The van der Waals surface area contributed by atoms with E-state index < -0.39 is 23.7 Å². The summed E-state index contributed by atoms with van der Waals surface area (Å²) in [6.07, 6.45) is 1.89. The van der Waals surface area contributed by atoms with Gasteiger partial charge in [0.1, 0.15) is 17.6 Å². The molecule has 1 aromatic rings. The first-order chi connectivity index (χ1) is 9.54. The Morgan fingerprint density at radius 1 is 1.40 bits per heavy atom. The molecule has 0 unspecified atom stereocenters. The minimum Gasteiger partial charge on any atom is -0.497 e. The zero-order valence-corrected chi connectivity index (χ0v) is 11.1. The number of likely N-dealkylation sites (tertiary alicyclic amines) is 1. The van der Waals surface area contributed by atoms with Crippen molar-refractivity contribution in [1.29, 1.82) is 0 Å². The molecule has 2 rings (SSSR count). The maximum atomic E-state index is 13.9. The standard InChI is InChI=1S/C14H16FNO4/c1-20-9-5-6-10(11(15)8-9)13(17)16-7-3-2-4-12(16)14(18)19/h5-6,8,12H,2-4,7H2,1H3,(H,18,19)/t12-/m1/s1. The fraction of sp³-hybridized carbons (Fsp3) is 0.429. The van der Waals surface area contributed by atoms with E-state index in [1.165, 1.54) is 24.1 Å². The van der Waals surface area contributed by atoms with Gasteiger partial charge >= 0.3 is 5.97 Å². The number of methoxy groups -OCH3 is 1. The van der Waals surface area contributed by atoms with E-state index in [4.69, 9.17) is 9.84 Å². The molecular weight excluding hydrogens is 265 g/mol. The molecule has 0 aliphatic carbocycles. The highest BCUT2D eigenvalue weighted by atomic mass is 19.1. The summed E-state index contributed by atoms with van der Waals surface area (Å²) in [5.74, 6) is -2.03. The molecule has 5 nitrogen and oxygen atoms in total. The lowest BCUT2D eigenvalue weighted by atomic mass is 10.0. The summed E-state index contributed by atoms with van der Waals surface area (Å²) in [4.78, 5) is 24.7. The number of hydrogen-bond donors (Lipinski definition) is 1. The van der Waals surface area contributed by atoms with Crippen molar-refractivity contribution in [3.8, 4) is 5.75 Å². The second kappa shape index (κ2) is 5.90. The normalized spacial score (nSPS) is 18.7. The first-order valence-electron chi connectivity index (χ1n) is 6.42. The Kier molecular flexibility index (Phi) is 4.22. The van der Waals surface area contributed by atoms with Gasteiger partial charge in [-0.25, -0.2) is 9.18 Å². The number of hydrogen-bond acceptors (Lipinski definition) is 3. The molecule has 1 atom stereocenters. The second-order valence-corrected chi connectivity index (χ2v) is 4.69. The van der Waals surface area contributed by atoms with Gasteiger partial charge in [0.05, 0.1) is 12.7 Å². The topological polar surface area (TPSA) is 66.8 Å². The maximum Gasteiger partial charge on any atom is 0.326 e. The lowest BCUT2D eigenvalue weighted by molar-refractivity contribution is -0.143. The molecule has 1 fully saturated rings. The van der Waals surface area contributed by atoms with E-state index in [1.54, 1.807) is 0 Å². The third-order valence-electron chi connectivity index (χ3n) is 3.46. The molecule has 1 amide bonds. The Hall–Kier alpha value is -2.11. The number of amides is 1. The highest BCUT2D eigenvalue weighted by Gasteiger charge is 2.33. The summed E-state index contributed by atoms with van der Waals surface area (Å²) in [6, 6.07) is 3.05. The van der Waals surface area contributed by atoms with Gasteiger partial charge in [-0.05, 0) is 31.4 Å². The van der Waals surface area contributed by atoms with E-state index >= 15 is 0 Å². The van der Waals surface area contributed by atoms with Crippen LogP contribution in [0, 0.1) is 5.82 Å². The van der Waals surface area contributed by atoms with Gasteiger partial charge in [0.2, 0.25) is 0 Å². The van der Waals surface area contributed by atoms with E-state index in [-0.39, 0.29) is 5.56 Å². The monoisotopic (exact) mass is 281 g/mol. The molecule has 0 aromatic heterocycles. The predicted molar refractivity (Wildman–Crippen MR) is 69.3 cm³/mol. The molecule has 0 saturated carbocycles. The lowest BCUT2D eigenvalue weighted by Crippen LogP contribution is -2.48. The van der Waals surface area contributed by atoms with E-state index in [0.717, 1.165) is 18.9 Å². The summed E-state index contributed by atoms with van der Waals surface area (Å²) in [5, 5.41) is 9.15. The number of carboxylic acid groups (broad SMARTS) is 1. The van der Waals surface area contributed by atoms with Crippen molar-refractivity contribution >= 4 is 11.9 Å². The van der Waals surface area contributed by atoms with Crippen LogP contribution >= 0.6 is 0 Å². The van der Waals surface area contributed by atoms with Crippen molar-refractivity contribution in [2.75, 3.05) is 13.7 Å². The Balaban J connectivity index is 2.27. The molecule has 0 spiro atoms. The second-order valence-electron chi connectivity index (χ2n) is 4.69. The van der Waals surface area contributed by atoms with Gasteiger partial charge in [-0.3, -0.25) is 4.79 Å². The van der Waals surface area contributed by atoms with Crippen LogP contribution in [0.2, 0.25) is 0 Å². The van der Waals surface area contributed by atoms with Crippen molar-refractivity contribution in [2.24, 2.45) is 0 Å². The number of carboxylic acids is 1. The Morgan fingerprint density at radius 3 is 2.75 bits per heavy atom. The van der Waals surface area contributed by atoms with Gasteiger partial charge in [0.15, 0.2) is 0 Å². The molecule has 6 heteroatoms. The van der Waals surface area contributed by atoms with Crippen molar-refractivity contribution in [1.82, 2.24) is 4.90 Å². The number of aliphatic carboxylic acids is 1. The molecule has 1 N–H and O–H groups in total. The first-order valence-corrected chi connectivity index (χ1v) is 6.42. The lowest BCUT2D eigenvalue weighted by Gasteiger charge is -2.33. The molecule has 0 bridgehead atoms. The smallest absolute Gasteiger partial charge is 0.326 e. The SMILES string of the molecule is COc1ccc(C(=O)N2CCCC[C@@H]2C(=O)O)c(F)c1. The molecule has 108 valence electrons. The van der Waals surface area contributed by atoms with Crippen LogP contribution in [0.25, 0.3) is 0 Å². The number of carbonyl (C=O) groups excluding carboxylic acids is 1. The number of halogens is 1. The van der Waals surface area contributed by atoms with Crippen molar-refractivity contribution in [2.45, 2.75) is 25.3 Å². The average Bonchev–Trinajstić information content (AvgIpc) is 2.46. The van der Waals surface area contributed by atoms with E-state index in [2.05, 4.69) is 0 Å². The minimum atomic E-state index is -1.05. The van der Waals surface area contributed by atoms with E-state index in [1.807, 2.05) is 0 Å². The van der Waals surface area contributed by atoms with Gasteiger partial charge in [-0.1, -0.05) is 0 Å². The Bertz CT molecular complexity index is 532. The van der Waals surface area contributed by atoms with Crippen LogP contribution in [0.1, 0.15) is 29.6 Å². The fourth-order valence-electron chi connectivity index (χ4n) is 2.38. The number of piperidine rings is 1. The molecule has 20 heavy (non-hydrogen) atoms. The number of nitrogens with zero attached hydrogens (tertiary/aromatic N) is 1. The summed E-state index contributed by atoms with van der Waals surface area (Å²) < 4.78 is 18.8. The number of rotatable bonds is 3. The van der Waals surface area contributed by atoms with Gasteiger partial charge < -0.3 is 14.7 Å². The minimum absolute atomic E-state index is 0.126. The molecule has 1 aromatic carbocycles. The zero-order chi connectivity index (χ0) is 14.7. The quantitative estimate of drug-likeness (QED) is 0.919. The maximum absolute atomic E-state index is 13.9. The van der Waals surface area contributed by atoms with Crippen molar-refractivity contribution < 1.29 is 23.8 Å². The fourth-order valence-corrected chi connectivity index (χ4v) is 2.38. The van der Waals surface area contributed by atoms with Crippen LogP contribution in [-0.4, -0.2) is 41.6 Å². The molecule has 1 aliphatic rings. The highest BCUT2D eigenvalue weighted by Crippen LogP contribution is 2.23. The molecular formula is C14H16FNO4. The number of ether oxygens (including phenoxy) is 1. The van der Waals surface area contributed by atoms with Crippen LogP contribution in [0.4, 0.5) is 4.39 Å².